The largest absolute Gasteiger partial charge is 0.440 e. The lowest BCUT2D eigenvalue weighted by Crippen LogP contribution is -2.09. The summed E-state index contributed by atoms with van der Waals surface area (Å²) in [7, 11) is 0. The van der Waals surface area contributed by atoms with Crippen molar-refractivity contribution in [1.29, 1.82) is 0 Å². The van der Waals surface area contributed by atoms with Gasteiger partial charge in [0.1, 0.15) is 10.9 Å². The zero-order valence-electron chi connectivity index (χ0n) is 14.0. The third-order valence-electron chi connectivity index (χ3n) is 4.09. The van der Waals surface area contributed by atoms with Crippen LogP contribution in [-0.2, 0) is 5.75 Å². The van der Waals surface area contributed by atoms with Crippen LogP contribution in [0.3, 0.4) is 0 Å². The van der Waals surface area contributed by atoms with E-state index in [-0.39, 0.29) is 5.56 Å². The fourth-order valence-corrected chi connectivity index (χ4v) is 3.54. The molecule has 0 spiro atoms. The van der Waals surface area contributed by atoms with E-state index in [4.69, 9.17) is 4.42 Å². The number of benzene rings is 2. The summed E-state index contributed by atoms with van der Waals surface area (Å²) in [6.07, 6.45) is 1.53. The van der Waals surface area contributed by atoms with E-state index in [2.05, 4.69) is 20.1 Å². The van der Waals surface area contributed by atoms with Gasteiger partial charge in [0.05, 0.1) is 17.6 Å². The van der Waals surface area contributed by atoms with Crippen LogP contribution in [0, 0.1) is 0 Å². The first-order chi connectivity index (χ1) is 13.3. The molecule has 5 rings (SSSR count). The topological polar surface area (TPSA) is 89.6 Å². The molecule has 132 valence electrons. The molecular weight excluding hydrogens is 362 g/mol. The SMILES string of the molecule is O=c1[nH]c(SCc2nc3ccccc3o2)nc2c1cnn2-c1ccccc1. The predicted octanol–water partition coefficient (Wildman–Crippen LogP) is 3.54. The summed E-state index contributed by atoms with van der Waals surface area (Å²) in [6, 6.07) is 17.2. The number of rotatable bonds is 4. The molecule has 0 unspecified atom stereocenters. The van der Waals surface area contributed by atoms with Crippen molar-refractivity contribution in [3.8, 4) is 5.69 Å². The summed E-state index contributed by atoms with van der Waals surface area (Å²) in [4.78, 5) is 24.2. The Balaban J connectivity index is 1.49. The number of aromatic nitrogens is 5. The minimum absolute atomic E-state index is 0.220. The second-order valence-corrected chi connectivity index (χ2v) is 6.83. The molecule has 0 fully saturated rings. The smallest absolute Gasteiger partial charge is 0.262 e. The molecule has 0 bridgehead atoms. The van der Waals surface area contributed by atoms with Crippen LogP contribution >= 0.6 is 11.8 Å². The first-order valence-corrected chi connectivity index (χ1v) is 9.27. The van der Waals surface area contributed by atoms with E-state index in [1.165, 1.54) is 18.0 Å². The van der Waals surface area contributed by atoms with E-state index in [0.717, 1.165) is 16.8 Å². The van der Waals surface area contributed by atoms with Crippen molar-refractivity contribution in [2.75, 3.05) is 0 Å². The van der Waals surface area contributed by atoms with E-state index < -0.39 is 0 Å². The van der Waals surface area contributed by atoms with Crippen LogP contribution in [-0.4, -0.2) is 24.7 Å². The second-order valence-electron chi connectivity index (χ2n) is 5.86. The number of oxazole rings is 1. The molecule has 7 nitrogen and oxygen atoms in total. The molecular formula is C19H13N5O2S. The van der Waals surface area contributed by atoms with Gasteiger partial charge in [0.25, 0.3) is 5.56 Å². The van der Waals surface area contributed by atoms with Crippen molar-refractivity contribution in [2.24, 2.45) is 0 Å². The van der Waals surface area contributed by atoms with Gasteiger partial charge in [-0.05, 0) is 24.3 Å². The van der Waals surface area contributed by atoms with Gasteiger partial charge in [0, 0.05) is 0 Å². The fourth-order valence-electron chi connectivity index (χ4n) is 2.84. The van der Waals surface area contributed by atoms with E-state index in [1.54, 1.807) is 4.68 Å². The molecule has 8 heteroatoms. The average Bonchev–Trinajstić information content (AvgIpc) is 3.31. The molecule has 0 atom stereocenters. The van der Waals surface area contributed by atoms with Gasteiger partial charge in [-0.15, -0.1) is 0 Å². The number of nitrogens with one attached hydrogen (secondary N) is 1. The molecule has 0 saturated heterocycles. The fraction of sp³-hybridized carbons (Fsp3) is 0.0526. The Kier molecular flexibility index (Phi) is 3.75. The monoisotopic (exact) mass is 375 g/mol. The van der Waals surface area contributed by atoms with Crippen LogP contribution < -0.4 is 5.56 Å². The van der Waals surface area contributed by atoms with Crippen molar-refractivity contribution in [3.05, 3.63) is 77.0 Å². The normalized spacial score (nSPS) is 11.4. The van der Waals surface area contributed by atoms with Gasteiger partial charge >= 0.3 is 0 Å². The van der Waals surface area contributed by atoms with E-state index in [9.17, 15) is 4.79 Å². The van der Waals surface area contributed by atoms with Crippen molar-refractivity contribution < 1.29 is 4.42 Å². The Bertz CT molecular complexity index is 1270. The summed E-state index contributed by atoms with van der Waals surface area (Å²) < 4.78 is 7.38. The molecule has 1 N–H and O–H groups in total. The maximum atomic E-state index is 12.4. The summed E-state index contributed by atoms with van der Waals surface area (Å²) in [5, 5.41) is 5.25. The Labute approximate surface area is 157 Å². The maximum absolute atomic E-state index is 12.4. The first-order valence-electron chi connectivity index (χ1n) is 8.29. The van der Waals surface area contributed by atoms with Gasteiger partial charge in [0.2, 0.25) is 5.89 Å². The first kappa shape index (κ1) is 15.8. The summed E-state index contributed by atoms with van der Waals surface area (Å²) >= 11 is 1.36. The summed E-state index contributed by atoms with van der Waals surface area (Å²) in [5.41, 5.74) is 2.70. The zero-order valence-corrected chi connectivity index (χ0v) is 14.8. The number of fused-ring (bicyclic) bond motifs is 2. The molecule has 0 radical (unpaired) electrons. The lowest BCUT2D eigenvalue weighted by Gasteiger charge is -2.03. The number of para-hydroxylation sites is 3. The van der Waals surface area contributed by atoms with Crippen molar-refractivity contribution >= 4 is 33.9 Å². The quantitative estimate of drug-likeness (QED) is 0.382. The maximum Gasteiger partial charge on any atom is 0.262 e. The van der Waals surface area contributed by atoms with Crippen LogP contribution in [0.15, 0.2) is 75.2 Å². The number of aromatic amines is 1. The molecule has 0 saturated carbocycles. The Morgan fingerprint density at radius 2 is 1.85 bits per heavy atom. The third-order valence-corrected chi connectivity index (χ3v) is 4.95. The highest BCUT2D eigenvalue weighted by atomic mass is 32.2. The third kappa shape index (κ3) is 2.89. The Hall–Kier alpha value is -3.39. The van der Waals surface area contributed by atoms with E-state index in [0.29, 0.717) is 27.8 Å². The Morgan fingerprint density at radius 1 is 1.04 bits per heavy atom. The molecule has 3 aromatic heterocycles. The molecule has 0 aliphatic carbocycles. The minimum atomic E-state index is -0.220. The minimum Gasteiger partial charge on any atom is -0.440 e. The number of hydrogen-bond acceptors (Lipinski definition) is 6. The highest BCUT2D eigenvalue weighted by Crippen LogP contribution is 2.23. The molecule has 0 aliphatic heterocycles. The standard InChI is InChI=1S/C19H13N5O2S/c25-18-13-10-20-24(12-6-2-1-3-7-12)17(13)22-19(23-18)27-11-16-21-14-8-4-5-9-15(14)26-16/h1-10H,11H2,(H,22,23,25). The predicted molar refractivity (Wildman–Crippen MR) is 103 cm³/mol. The van der Waals surface area contributed by atoms with Crippen molar-refractivity contribution in [1.82, 2.24) is 24.7 Å². The van der Waals surface area contributed by atoms with Gasteiger partial charge < -0.3 is 9.40 Å². The van der Waals surface area contributed by atoms with Gasteiger partial charge in [-0.1, -0.05) is 42.1 Å². The average molecular weight is 375 g/mol. The molecule has 0 amide bonds. The summed E-state index contributed by atoms with van der Waals surface area (Å²) in [6.45, 7) is 0. The van der Waals surface area contributed by atoms with Crippen LogP contribution in [0.5, 0.6) is 0 Å². The Morgan fingerprint density at radius 3 is 2.70 bits per heavy atom. The van der Waals surface area contributed by atoms with Gasteiger partial charge in [-0.25, -0.2) is 14.6 Å². The van der Waals surface area contributed by atoms with Gasteiger partial charge in [0.15, 0.2) is 16.4 Å². The molecule has 3 heterocycles. The second kappa shape index (κ2) is 6.40. The molecule has 0 aliphatic rings. The summed E-state index contributed by atoms with van der Waals surface area (Å²) in [5.74, 6) is 1.04. The molecule has 2 aromatic carbocycles. The molecule has 5 aromatic rings. The van der Waals surface area contributed by atoms with Gasteiger partial charge in [-0.2, -0.15) is 5.10 Å². The molecule has 27 heavy (non-hydrogen) atoms. The van der Waals surface area contributed by atoms with Crippen LogP contribution in [0.4, 0.5) is 0 Å². The number of hydrogen-bond donors (Lipinski definition) is 1. The van der Waals surface area contributed by atoms with E-state index >= 15 is 0 Å². The van der Waals surface area contributed by atoms with Crippen LogP contribution in [0.2, 0.25) is 0 Å². The number of nitrogens with zero attached hydrogens (tertiary/aromatic N) is 4. The van der Waals surface area contributed by atoms with Crippen molar-refractivity contribution in [2.45, 2.75) is 10.9 Å². The lowest BCUT2D eigenvalue weighted by atomic mass is 10.3. The number of H-pyrrole nitrogens is 1. The highest BCUT2D eigenvalue weighted by molar-refractivity contribution is 7.98. The van der Waals surface area contributed by atoms with Crippen LogP contribution in [0.25, 0.3) is 27.8 Å². The van der Waals surface area contributed by atoms with E-state index in [1.807, 2.05) is 54.6 Å². The number of thioether (sulfide) groups is 1. The zero-order chi connectivity index (χ0) is 18.2. The van der Waals surface area contributed by atoms with Gasteiger partial charge in [-0.3, -0.25) is 4.79 Å². The highest BCUT2D eigenvalue weighted by Gasteiger charge is 2.13. The van der Waals surface area contributed by atoms with Crippen LogP contribution in [0.1, 0.15) is 5.89 Å². The lowest BCUT2D eigenvalue weighted by molar-refractivity contribution is 0.556. The van der Waals surface area contributed by atoms with Crippen molar-refractivity contribution in [3.63, 3.8) is 0 Å².